The summed E-state index contributed by atoms with van der Waals surface area (Å²) in [5.74, 6) is -1.12. The van der Waals surface area contributed by atoms with Crippen molar-refractivity contribution in [2.75, 3.05) is 7.11 Å². The first-order valence-corrected chi connectivity index (χ1v) is 6.55. The van der Waals surface area contributed by atoms with Gasteiger partial charge in [0.15, 0.2) is 0 Å². The zero-order chi connectivity index (χ0) is 16.4. The van der Waals surface area contributed by atoms with Gasteiger partial charge >= 0.3 is 5.97 Å². The van der Waals surface area contributed by atoms with Gasteiger partial charge in [-0.3, -0.25) is 0 Å². The van der Waals surface area contributed by atoms with Crippen LogP contribution in [0.2, 0.25) is 0 Å². The molecule has 0 fully saturated rings. The lowest BCUT2D eigenvalue weighted by Crippen LogP contribution is -2.01. The number of nitrogens with zero attached hydrogens (tertiary/aromatic N) is 3. The molecular weight excluding hydrogens is 303 g/mol. The van der Waals surface area contributed by atoms with Gasteiger partial charge in [-0.25, -0.2) is 9.18 Å². The van der Waals surface area contributed by atoms with Gasteiger partial charge in [-0.2, -0.15) is 5.21 Å². The van der Waals surface area contributed by atoms with Crippen molar-refractivity contribution in [3.63, 3.8) is 0 Å². The topological polar surface area (TPSA) is 101 Å². The van der Waals surface area contributed by atoms with Crippen molar-refractivity contribution < 1.29 is 19.0 Å². The molecule has 2 aromatic carbocycles. The Labute approximate surface area is 129 Å². The van der Waals surface area contributed by atoms with Crippen LogP contribution in [0.25, 0.3) is 22.5 Å². The summed E-state index contributed by atoms with van der Waals surface area (Å²) < 4.78 is 19.2. The van der Waals surface area contributed by atoms with Gasteiger partial charge in [0.25, 0.3) is 0 Å². The summed E-state index contributed by atoms with van der Waals surface area (Å²) in [5, 5.41) is 22.7. The highest BCUT2D eigenvalue weighted by Gasteiger charge is 2.15. The summed E-state index contributed by atoms with van der Waals surface area (Å²) >= 11 is 0. The summed E-state index contributed by atoms with van der Waals surface area (Å²) in [4.78, 5) is 11.3. The van der Waals surface area contributed by atoms with E-state index in [-0.39, 0.29) is 16.9 Å². The van der Waals surface area contributed by atoms with Gasteiger partial charge in [-0.15, -0.1) is 10.2 Å². The van der Waals surface area contributed by atoms with Gasteiger partial charge in [-0.1, -0.05) is 6.07 Å². The number of methoxy groups -OCH3 is 1. The Morgan fingerprint density at radius 2 is 2.00 bits per heavy atom. The number of halogens is 1. The van der Waals surface area contributed by atoms with E-state index >= 15 is 0 Å². The van der Waals surface area contributed by atoms with Crippen LogP contribution in [-0.4, -0.2) is 38.8 Å². The molecular formula is C15H11FN4O3. The fourth-order valence-electron chi connectivity index (χ4n) is 2.21. The molecule has 116 valence electrons. The Kier molecular flexibility index (Phi) is 3.71. The lowest BCUT2D eigenvalue weighted by molar-refractivity contribution is 0.0693. The molecule has 1 heterocycles. The number of nitrogens with one attached hydrogen (secondary N) is 1. The molecule has 8 heteroatoms. The molecule has 0 amide bonds. The number of carboxylic acid groups (broad SMARTS) is 1. The highest BCUT2D eigenvalue weighted by atomic mass is 19.1. The number of aromatic carboxylic acids is 1. The number of carbonyl (C=O) groups is 1. The number of tetrazole rings is 1. The first kappa shape index (κ1) is 14.6. The van der Waals surface area contributed by atoms with Gasteiger partial charge in [0.1, 0.15) is 17.1 Å². The molecule has 0 saturated heterocycles. The van der Waals surface area contributed by atoms with Crippen LogP contribution in [0.3, 0.4) is 0 Å². The summed E-state index contributed by atoms with van der Waals surface area (Å²) in [7, 11) is 1.37. The Balaban J connectivity index is 2.13. The SMILES string of the molecule is COc1ccc(-c2cc(-c3nn[nH]n3)ccc2F)cc1C(=O)O. The minimum atomic E-state index is -1.15. The predicted octanol–water partition coefficient (Wildman–Crippen LogP) is 2.38. The Hall–Kier alpha value is -3.29. The van der Waals surface area contributed by atoms with E-state index in [1.54, 1.807) is 6.07 Å². The van der Waals surface area contributed by atoms with Crippen LogP contribution in [-0.2, 0) is 0 Å². The third kappa shape index (κ3) is 2.73. The molecule has 0 aliphatic rings. The van der Waals surface area contributed by atoms with Crippen LogP contribution in [0.4, 0.5) is 4.39 Å². The Bertz CT molecular complexity index is 865. The average Bonchev–Trinajstić information content (AvgIpc) is 3.09. The van der Waals surface area contributed by atoms with Crippen LogP contribution in [0.1, 0.15) is 10.4 Å². The molecule has 3 rings (SSSR count). The maximum Gasteiger partial charge on any atom is 0.339 e. The van der Waals surface area contributed by atoms with Gasteiger partial charge < -0.3 is 9.84 Å². The van der Waals surface area contributed by atoms with Crippen LogP contribution < -0.4 is 4.74 Å². The molecule has 0 unspecified atom stereocenters. The van der Waals surface area contributed by atoms with E-state index < -0.39 is 11.8 Å². The minimum absolute atomic E-state index is 0.0469. The fourth-order valence-corrected chi connectivity index (χ4v) is 2.21. The highest BCUT2D eigenvalue weighted by molar-refractivity contribution is 5.93. The lowest BCUT2D eigenvalue weighted by atomic mass is 9.99. The molecule has 0 atom stereocenters. The number of carboxylic acids is 1. The van der Waals surface area contributed by atoms with Crippen molar-refractivity contribution in [2.24, 2.45) is 0 Å². The quantitative estimate of drug-likeness (QED) is 0.766. The van der Waals surface area contributed by atoms with E-state index in [1.807, 2.05) is 0 Å². The highest BCUT2D eigenvalue weighted by Crippen LogP contribution is 2.30. The van der Waals surface area contributed by atoms with Crippen molar-refractivity contribution in [3.05, 3.63) is 47.8 Å². The number of ether oxygens (including phenoxy) is 1. The third-order valence-corrected chi connectivity index (χ3v) is 3.31. The van der Waals surface area contributed by atoms with Gasteiger partial charge in [-0.05, 0) is 41.1 Å². The smallest absolute Gasteiger partial charge is 0.339 e. The number of aromatic nitrogens is 4. The first-order valence-electron chi connectivity index (χ1n) is 6.55. The number of rotatable bonds is 4. The van der Waals surface area contributed by atoms with E-state index in [0.29, 0.717) is 17.0 Å². The first-order chi connectivity index (χ1) is 11.1. The van der Waals surface area contributed by atoms with Gasteiger partial charge in [0, 0.05) is 11.1 Å². The second kappa shape index (κ2) is 5.84. The lowest BCUT2D eigenvalue weighted by Gasteiger charge is -2.09. The standard InChI is InChI=1S/C15H11FN4O3/c1-23-13-5-3-8(6-11(13)15(21)22)10-7-9(2-4-12(10)16)14-17-19-20-18-14/h2-7H,1H3,(H,21,22)(H,17,18,19,20). The summed E-state index contributed by atoms with van der Waals surface area (Å²) in [6.45, 7) is 0. The maximum absolute atomic E-state index is 14.2. The van der Waals surface area contributed by atoms with Crippen molar-refractivity contribution >= 4 is 5.97 Å². The largest absolute Gasteiger partial charge is 0.496 e. The molecule has 0 saturated carbocycles. The number of hydrogen-bond donors (Lipinski definition) is 2. The van der Waals surface area contributed by atoms with E-state index in [1.165, 1.54) is 37.4 Å². The third-order valence-electron chi connectivity index (χ3n) is 3.31. The van der Waals surface area contributed by atoms with Crippen LogP contribution in [0.15, 0.2) is 36.4 Å². The molecule has 3 aromatic rings. The molecule has 0 aliphatic heterocycles. The van der Waals surface area contributed by atoms with Gasteiger partial charge in [0.05, 0.1) is 7.11 Å². The van der Waals surface area contributed by atoms with Crippen LogP contribution >= 0.6 is 0 Å². The van der Waals surface area contributed by atoms with Crippen LogP contribution in [0, 0.1) is 5.82 Å². The number of hydrogen-bond acceptors (Lipinski definition) is 5. The molecule has 2 N–H and O–H groups in total. The minimum Gasteiger partial charge on any atom is -0.496 e. The second-order valence-electron chi connectivity index (χ2n) is 4.65. The predicted molar refractivity (Wildman–Crippen MR) is 78.5 cm³/mol. The van der Waals surface area contributed by atoms with Crippen molar-refractivity contribution in [3.8, 4) is 28.3 Å². The molecule has 7 nitrogen and oxygen atoms in total. The summed E-state index contributed by atoms with van der Waals surface area (Å²) in [5.41, 5.74) is 1.15. The maximum atomic E-state index is 14.2. The number of aromatic amines is 1. The van der Waals surface area contributed by atoms with E-state index in [4.69, 9.17) is 4.74 Å². The Morgan fingerprint density at radius 3 is 2.65 bits per heavy atom. The fraction of sp³-hybridized carbons (Fsp3) is 0.0667. The summed E-state index contributed by atoms with van der Waals surface area (Å²) in [6, 6.07) is 8.76. The molecule has 0 radical (unpaired) electrons. The van der Waals surface area contributed by atoms with Gasteiger partial charge in [0.2, 0.25) is 5.82 Å². The van der Waals surface area contributed by atoms with Crippen molar-refractivity contribution in [1.29, 1.82) is 0 Å². The monoisotopic (exact) mass is 314 g/mol. The molecule has 1 aromatic heterocycles. The molecule has 0 spiro atoms. The Morgan fingerprint density at radius 1 is 1.22 bits per heavy atom. The van der Waals surface area contributed by atoms with Crippen LogP contribution in [0.5, 0.6) is 5.75 Å². The molecule has 23 heavy (non-hydrogen) atoms. The normalized spacial score (nSPS) is 10.5. The molecule has 0 aliphatic carbocycles. The number of H-pyrrole nitrogens is 1. The van der Waals surface area contributed by atoms with E-state index in [0.717, 1.165) is 0 Å². The summed E-state index contributed by atoms with van der Waals surface area (Å²) in [6.07, 6.45) is 0. The zero-order valence-electron chi connectivity index (χ0n) is 11.9. The molecule has 0 bridgehead atoms. The number of benzene rings is 2. The second-order valence-corrected chi connectivity index (χ2v) is 4.65. The van der Waals surface area contributed by atoms with E-state index in [9.17, 15) is 14.3 Å². The average molecular weight is 314 g/mol. The zero-order valence-corrected chi connectivity index (χ0v) is 11.9. The van der Waals surface area contributed by atoms with E-state index in [2.05, 4.69) is 20.6 Å². The van der Waals surface area contributed by atoms with Crippen molar-refractivity contribution in [2.45, 2.75) is 0 Å². The van der Waals surface area contributed by atoms with Crippen molar-refractivity contribution in [1.82, 2.24) is 20.6 Å².